The van der Waals surface area contributed by atoms with Gasteiger partial charge in [0, 0.05) is 19.3 Å². The molecule has 1 N–H and O–H groups in total. The van der Waals surface area contributed by atoms with E-state index in [0.29, 0.717) is 18.7 Å². The minimum absolute atomic E-state index is 0.00707. The molecule has 110 valence electrons. The highest BCUT2D eigenvalue weighted by Gasteiger charge is 2.16. The largest absolute Gasteiger partial charge is 0.506 e. The van der Waals surface area contributed by atoms with Gasteiger partial charge in [0.25, 0.3) is 5.91 Å². The predicted molar refractivity (Wildman–Crippen MR) is 82.1 cm³/mol. The van der Waals surface area contributed by atoms with Crippen molar-refractivity contribution in [3.05, 3.63) is 59.4 Å². The predicted octanol–water partition coefficient (Wildman–Crippen LogP) is 3.15. The van der Waals surface area contributed by atoms with Gasteiger partial charge in [0.15, 0.2) is 0 Å². The second-order valence-electron chi connectivity index (χ2n) is 5.14. The Morgan fingerprint density at radius 1 is 1.24 bits per heavy atom. The van der Waals surface area contributed by atoms with Crippen molar-refractivity contribution in [2.75, 3.05) is 6.54 Å². The normalized spacial score (nSPS) is 10.4. The molecule has 0 spiro atoms. The zero-order valence-corrected chi connectivity index (χ0v) is 12.4. The molecule has 4 heteroatoms. The number of hydrogen-bond acceptors (Lipinski definition) is 3. The third-order valence-corrected chi connectivity index (χ3v) is 3.25. The fourth-order valence-electron chi connectivity index (χ4n) is 2.16. The number of hydrogen-bond donors (Lipinski definition) is 1. The van der Waals surface area contributed by atoms with E-state index in [2.05, 4.69) is 4.98 Å². The van der Waals surface area contributed by atoms with Gasteiger partial charge in [-0.15, -0.1) is 0 Å². The molecule has 0 atom stereocenters. The minimum Gasteiger partial charge on any atom is -0.506 e. The van der Waals surface area contributed by atoms with Crippen LogP contribution in [0.1, 0.15) is 34.8 Å². The van der Waals surface area contributed by atoms with Gasteiger partial charge in [0.1, 0.15) is 5.75 Å². The summed E-state index contributed by atoms with van der Waals surface area (Å²) in [5.74, 6) is -0.103. The van der Waals surface area contributed by atoms with E-state index < -0.39 is 0 Å². The molecule has 0 saturated carbocycles. The van der Waals surface area contributed by atoms with E-state index in [1.807, 2.05) is 38.1 Å². The van der Waals surface area contributed by atoms with Gasteiger partial charge in [0.2, 0.25) is 0 Å². The smallest absolute Gasteiger partial charge is 0.255 e. The van der Waals surface area contributed by atoms with Crippen LogP contribution in [0.15, 0.2) is 42.7 Å². The van der Waals surface area contributed by atoms with Crippen molar-refractivity contribution in [3.63, 3.8) is 0 Å². The van der Waals surface area contributed by atoms with Crippen molar-refractivity contribution in [3.8, 4) is 5.75 Å². The zero-order valence-electron chi connectivity index (χ0n) is 12.4. The Morgan fingerprint density at radius 3 is 2.57 bits per heavy atom. The lowest BCUT2D eigenvalue weighted by molar-refractivity contribution is 0.0742. The Morgan fingerprint density at radius 2 is 1.95 bits per heavy atom. The van der Waals surface area contributed by atoms with Crippen LogP contribution in [0.2, 0.25) is 0 Å². The lowest BCUT2D eigenvalue weighted by Crippen LogP contribution is -2.31. The van der Waals surface area contributed by atoms with E-state index in [9.17, 15) is 9.90 Å². The molecular weight excluding hydrogens is 264 g/mol. The van der Waals surface area contributed by atoms with E-state index in [1.54, 1.807) is 4.90 Å². The number of carbonyl (C=O) groups excluding carboxylic acids is 1. The lowest BCUT2D eigenvalue weighted by atomic mass is 10.1. The summed E-state index contributed by atoms with van der Waals surface area (Å²) in [5.41, 5.74) is 2.70. The summed E-state index contributed by atoms with van der Waals surface area (Å²) in [6.07, 6.45) is 3.69. The Bertz CT molecular complexity index is 608. The molecule has 1 aromatic heterocycles. The molecule has 1 heterocycles. The molecule has 0 saturated heterocycles. The van der Waals surface area contributed by atoms with Gasteiger partial charge in [-0.05, 0) is 25.0 Å². The summed E-state index contributed by atoms with van der Waals surface area (Å²) in [6, 6.07) is 9.60. The fraction of sp³-hybridized carbons (Fsp3) is 0.294. The van der Waals surface area contributed by atoms with Crippen LogP contribution in [0.4, 0.5) is 0 Å². The number of aromatic hydroxyl groups is 1. The van der Waals surface area contributed by atoms with Gasteiger partial charge < -0.3 is 10.0 Å². The number of benzene rings is 1. The Balaban J connectivity index is 2.18. The molecule has 0 radical (unpaired) electrons. The Hall–Kier alpha value is -2.36. The summed E-state index contributed by atoms with van der Waals surface area (Å²) in [4.78, 5) is 18.2. The first-order chi connectivity index (χ1) is 10.1. The summed E-state index contributed by atoms with van der Waals surface area (Å²) in [5, 5.41) is 9.46. The average Bonchev–Trinajstić information content (AvgIpc) is 2.48. The highest BCUT2D eigenvalue weighted by molar-refractivity contribution is 5.94. The number of aryl methyl sites for hydroxylation is 1. The van der Waals surface area contributed by atoms with Gasteiger partial charge in [-0.2, -0.15) is 0 Å². The van der Waals surface area contributed by atoms with Gasteiger partial charge in [-0.3, -0.25) is 9.78 Å². The first-order valence-corrected chi connectivity index (χ1v) is 7.09. The number of amides is 1. The van der Waals surface area contributed by atoms with E-state index in [-0.39, 0.29) is 11.7 Å². The third-order valence-electron chi connectivity index (χ3n) is 3.25. The van der Waals surface area contributed by atoms with Crippen LogP contribution in [0.25, 0.3) is 0 Å². The zero-order chi connectivity index (χ0) is 15.2. The SMILES string of the molecule is CCCN(Cc1ccc(C)cc1)C(=O)c1cncc(O)c1. The Kier molecular flexibility index (Phi) is 4.93. The van der Waals surface area contributed by atoms with E-state index in [1.165, 1.54) is 24.0 Å². The molecule has 1 amide bonds. The van der Waals surface area contributed by atoms with Crippen LogP contribution in [0.5, 0.6) is 5.75 Å². The maximum absolute atomic E-state index is 12.5. The quantitative estimate of drug-likeness (QED) is 0.917. The molecule has 0 aliphatic rings. The molecule has 0 unspecified atom stereocenters. The lowest BCUT2D eigenvalue weighted by Gasteiger charge is -2.22. The molecule has 2 aromatic rings. The summed E-state index contributed by atoms with van der Waals surface area (Å²) in [6.45, 7) is 5.30. The minimum atomic E-state index is -0.110. The van der Waals surface area contributed by atoms with Crippen molar-refractivity contribution in [2.45, 2.75) is 26.8 Å². The standard InChI is InChI=1S/C17H20N2O2/c1-3-8-19(12-14-6-4-13(2)5-7-14)17(21)15-9-16(20)11-18-10-15/h4-7,9-11,20H,3,8,12H2,1-2H3. The second-order valence-corrected chi connectivity index (χ2v) is 5.14. The summed E-state index contributed by atoms with van der Waals surface area (Å²) >= 11 is 0. The molecule has 1 aromatic carbocycles. The van der Waals surface area contributed by atoms with Crippen molar-refractivity contribution in [1.29, 1.82) is 0 Å². The van der Waals surface area contributed by atoms with Crippen LogP contribution >= 0.6 is 0 Å². The molecular formula is C17H20N2O2. The van der Waals surface area contributed by atoms with Crippen LogP contribution in [0, 0.1) is 6.92 Å². The van der Waals surface area contributed by atoms with Crippen LogP contribution in [0.3, 0.4) is 0 Å². The summed E-state index contributed by atoms with van der Waals surface area (Å²) in [7, 11) is 0. The van der Waals surface area contributed by atoms with Crippen LogP contribution < -0.4 is 0 Å². The first-order valence-electron chi connectivity index (χ1n) is 7.09. The average molecular weight is 284 g/mol. The third kappa shape index (κ3) is 4.05. The van der Waals surface area contributed by atoms with Crippen molar-refractivity contribution in [1.82, 2.24) is 9.88 Å². The molecule has 2 rings (SSSR count). The molecule has 0 bridgehead atoms. The topological polar surface area (TPSA) is 53.4 Å². The maximum Gasteiger partial charge on any atom is 0.255 e. The second kappa shape index (κ2) is 6.88. The number of nitrogens with zero attached hydrogens (tertiary/aromatic N) is 2. The van der Waals surface area contributed by atoms with Crippen LogP contribution in [-0.2, 0) is 6.54 Å². The summed E-state index contributed by atoms with van der Waals surface area (Å²) < 4.78 is 0. The molecule has 4 nitrogen and oxygen atoms in total. The van der Waals surface area contributed by atoms with Gasteiger partial charge in [-0.25, -0.2) is 0 Å². The van der Waals surface area contributed by atoms with Crippen molar-refractivity contribution in [2.24, 2.45) is 0 Å². The molecule has 21 heavy (non-hydrogen) atoms. The van der Waals surface area contributed by atoms with E-state index in [0.717, 1.165) is 12.0 Å². The highest BCUT2D eigenvalue weighted by atomic mass is 16.3. The molecule has 0 aliphatic carbocycles. The van der Waals surface area contributed by atoms with Crippen LogP contribution in [-0.4, -0.2) is 27.4 Å². The number of pyridine rings is 1. The van der Waals surface area contributed by atoms with Gasteiger partial charge in [-0.1, -0.05) is 36.8 Å². The molecule has 0 fully saturated rings. The maximum atomic E-state index is 12.5. The van der Waals surface area contributed by atoms with Crippen molar-refractivity contribution >= 4 is 5.91 Å². The monoisotopic (exact) mass is 284 g/mol. The van der Waals surface area contributed by atoms with E-state index in [4.69, 9.17) is 0 Å². The molecule has 0 aliphatic heterocycles. The number of aromatic nitrogens is 1. The van der Waals surface area contributed by atoms with Gasteiger partial charge >= 0.3 is 0 Å². The number of rotatable bonds is 5. The van der Waals surface area contributed by atoms with Gasteiger partial charge in [0.05, 0.1) is 11.8 Å². The first kappa shape index (κ1) is 15.0. The Labute approximate surface area is 125 Å². The number of carbonyl (C=O) groups is 1. The fourth-order valence-corrected chi connectivity index (χ4v) is 2.16. The van der Waals surface area contributed by atoms with Crippen molar-refractivity contribution < 1.29 is 9.90 Å². The highest BCUT2D eigenvalue weighted by Crippen LogP contribution is 2.14. The van der Waals surface area contributed by atoms with E-state index >= 15 is 0 Å².